The third kappa shape index (κ3) is 2.82. The van der Waals surface area contributed by atoms with Crippen LogP contribution in [-0.2, 0) is 6.42 Å². The predicted octanol–water partition coefficient (Wildman–Crippen LogP) is 4.09. The Labute approximate surface area is 121 Å². The fourth-order valence-electron chi connectivity index (χ4n) is 1.99. The first kappa shape index (κ1) is 13.7. The van der Waals surface area contributed by atoms with Crippen LogP contribution in [0.3, 0.4) is 0 Å². The zero-order chi connectivity index (χ0) is 13.1. The van der Waals surface area contributed by atoms with Crippen molar-refractivity contribution < 1.29 is 0 Å². The van der Waals surface area contributed by atoms with Gasteiger partial charge in [-0.05, 0) is 38.1 Å². The molecular formula is C14H17BrN2S. The summed E-state index contributed by atoms with van der Waals surface area (Å²) in [7, 11) is 1.98. The maximum atomic E-state index is 4.74. The van der Waals surface area contributed by atoms with Gasteiger partial charge in [-0.1, -0.05) is 35.0 Å². The Bertz CT molecular complexity index is 519. The minimum absolute atomic E-state index is 0.182. The molecule has 1 atom stereocenters. The van der Waals surface area contributed by atoms with Gasteiger partial charge in [0, 0.05) is 9.35 Å². The number of aryl methyl sites for hydroxylation is 2. The van der Waals surface area contributed by atoms with Gasteiger partial charge in [-0.25, -0.2) is 4.98 Å². The quantitative estimate of drug-likeness (QED) is 0.916. The summed E-state index contributed by atoms with van der Waals surface area (Å²) in [5, 5.41) is 4.50. The van der Waals surface area contributed by atoms with Gasteiger partial charge in [-0.2, -0.15) is 0 Å². The standard InChI is InChI=1S/C14H17BrN2S/c1-4-12-9(2)18-14(17-12)13(16-3)10-5-7-11(15)8-6-10/h5-8,13,16H,4H2,1-3H3. The summed E-state index contributed by atoms with van der Waals surface area (Å²) in [6.45, 7) is 4.30. The number of aromatic nitrogens is 1. The number of thiazole rings is 1. The smallest absolute Gasteiger partial charge is 0.115 e. The second-order valence-corrected chi connectivity index (χ2v) is 6.33. The molecule has 1 N–H and O–H groups in total. The molecule has 18 heavy (non-hydrogen) atoms. The molecule has 0 saturated carbocycles. The van der Waals surface area contributed by atoms with Gasteiger partial charge in [0.05, 0.1) is 11.7 Å². The fraction of sp³-hybridized carbons (Fsp3) is 0.357. The molecule has 0 fully saturated rings. The molecule has 2 aromatic rings. The van der Waals surface area contributed by atoms with Crippen molar-refractivity contribution in [2.45, 2.75) is 26.3 Å². The molecule has 1 heterocycles. The number of hydrogen-bond donors (Lipinski definition) is 1. The third-order valence-corrected chi connectivity index (χ3v) is 4.59. The van der Waals surface area contributed by atoms with Crippen LogP contribution >= 0.6 is 27.3 Å². The summed E-state index contributed by atoms with van der Waals surface area (Å²) in [6, 6.07) is 8.59. The minimum Gasteiger partial charge on any atom is -0.307 e. The van der Waals surface area contributed by atoms with Gasteiger partial charge in [0.25, 0.3) is 0 Å². The Morgan fingerprint density at radius 1 is 1.33 bits per heavy atom. The molecule has 0 saturated heterocycles. The number of nitrogens with zero attached hydrogens (tertiary/aromatic N) is 1. The highest BCUT2D eigenvalue weighted by Crippen LogP contribution is 2.28. The SMILES string of the molecule is CCc1nc(C(NC)c2ccc(Br)cc2)sc1C. The maximum absolute atomic E-state index is 4.74. The lowest BCUT2D eigenvalue weighted by molar-refractivity contribution is 0.683. The highest BCUT2D eigenvalue weighted by Gasteiger charge is 2.17. The number of hydrogen-bond acceptors (Lipinski definition) is 3. The van der Waals surface area contributed by atoms with Crippen molar-refractivity contribution in [2.75, 3.05) is 7.05 Å². The van der Waals surface area contributed by atoms with Gasteiger partial charge < -0.3 is 5.32 Å². The van der Waals surface area contributed by atoms with Crippen LogP contribution < -0.4 is 5.32 Å². The molecule has 0 amide bonds. The highest BCUT2D eigenvalue weighted by atomic mass is 79.9. The molecule has 0 aliphatic rings. The molecule has 2 rings (SSSR count). The molecule has 96 valence electrons. The lowest BCUT2D eigenvalue weighted by atomic mass is 10.1. The van der Waals surface area contributed by atoms with E-state index in [9.17, 15) is 0 Å². The molecule has 1 aromatic carbocycles. The molecule has 0 radical (unpaired) electrons. The lowest BCUT2D eigenvalue weighted by Crippen LogP contribution is -2.17. The van der Waals surface area contributed by atoms with Crippen molar-refractivity contribution in [1.29, 1.82) is 0 Å². The minimum atomic E-state index is 0.182. The molecule has 1 aromatic heterocycles. The predicted molar refractivity (Wildman–Crippen MR) is 81.3 cm³/mol. The van der Waals surface area contributed by atoms with Gasteiger partial charge in [0.15, 0.2) is 0 Å². The van der Waals surface area contributed by atoms with Crippen molar-refractivity contribution in [3.05, 3.63) is 49.9 Å². The second-order valence-electron chi connectivity index (χ2n) is 4.18. The zero-order valence-electron chi connectivity index (χ0n) is 10.8. The molecule has 0 aliphatic carbocycles. The average molecular weight is 325 g/mol. The Morgan fingerprint density at radius 3 is 2.50 bits per heavy atom. The number of halogens is 1. The first-order chi connectivity index (χ1) is 8.65. The van der Waals surface area contributed by atoms with Crippen LogP contribution in [0, 0.1) is 6.92 Å². The van der Waals surface area contributed by atoms with Crippen LogP contribution in [0.2, 0.25) is 0 Å². The van der Waals surface area contributed by atoms with Crippen molar-refractivity contribution in [2.24, 2.45) is 0 Å². The van der Waals surface area contributed by atoms with E-state index in [1.54, 1.807) is 11.3 Å². The van der Waals surface area contributed by atoms with E-state index in [2.05, 4.69) is 59.4 Å². The molecule has 0 bridgehead atoms. The Balaban J connectivity index is 2.35. The summed E-state index contributed by atoms with van der Waals surface area (Å²) in [4.78, 5) is 6.07. The maximum Gasteiger partial charge on any atom is 0.115 e. The van der Waals surface area contributed by atoms with Gasteiger partial charge in [0.1, 0.15) is 5.01 Å². The summed E-state index contributed by atoms with van der Waals surface area (Å²) in [6.07, 6.45) is 0.999. The number of nitrogens with one attached hydrogen (secondary N) is 1. The van der Waals surface area contributed by atoms with E-state index >= 15 is 0 Å². The van der Waals surface area contributed by atoms with E-state index in [1.807, 2.05) is 7.05 Å². The summed E-state index contributed by atoms with van der Waals surface area (Å²) in [5.41, 5.74) is 2.46. The molecule has 1 unspecified atom stereocenters. The first-order valence-electron chi connectivity index (χ1n) is 6.04. The normalized spacial score (nSPS) is 12.7. The van der Waals surface area contributed by atoms with Crippen LogP contribution in [0.25, 0.3) is 0 Å². The average Bonchev–Trinajstić information content (AvgIpc) is 2.74. The van der Waals surface area contributed by atoms with Gasteiger partial charge >= 0.3 is 0 Å². The lowest BCUT2D eigenvalue weighted by Gasteiger charge is -2.13. The van der Waals surface area contributed by atoms with E-state index in [-0.39, 0.29) is 6.04 Å². The monoisotopic (exact) mass is 324 g/mol. The van der Waals surface area contributed by atoms with Gasteiger partial charge in [-0.15, -0.1) is 11.3 Å². The van der Waals surface area contributed by atoms with E-state index in [0.717, 1.165) is 15.9 Å². The molecule has 2 nitrogen and oxygen atoms in total. The van der Waals surface area contributed by atoms with Gasteiger partial charge in [-0.3, -0.25) is 0 Å². The molecule has 4 heteroatoms. The van der Waals surface area contributed by atoms with E-state index in [1.165, 1.54) is 16.1 Å². The van der Waals surface area contributed by atoms with Crippen molar-refractivity contribution in [3.63, 3.8) is 0 Å². The first-order valence-corrected chi connectivity index (χ1v) is 7.65. The largest absolute Gasteiger partial charge is 0.307 e. The molecule has 0 spiro atoms. The van der Waals surface area contributed by atoms with E-state index in [4.69, 9.17) is 4.98 Å². The van der Waals surface area contributed by atoms with Crippen molar-refractivity contribution in [1.82, 2.24) is 10.3 Å². The van der Waals surface area contributed by atoms with Gasteiger partial charge in [0.2, 0.25) is 0 Å². The van der Waals surface area contributed by atoms with Crippen LogP contribution in [0.1, 0.15) is 34.1 Å². The van der Waals surface area contributed by atoms with Crippen LogP contribution in [0.5, 0.6) is 0 Å². The topological polar surface area (TPSA) is 24.9 Å². The fourth-order valence-corrected chi connectivity index (χ4v) is 3.40. The van der Waals surface area contributed by atoms with E-state index in [0.29, 0.717) is 0 Å². The zero-order valence-corrected chi connectivity index (χ0v) is 13.2. The third-order valence-electron chi connectivity index (χ3n) is 2.98. The van der Waals surface area contributed by atoms with E-state index < -0.39 is 0 Å². The van der Waals surface area contributed by atoms with Crippen molar-refractivity contribution in [3.8, 4) is 0 Å². The Hall–Kier alpha value is -0.710. The van der Waals surface area contributed by atoms with Crippen molar-refractivity contribution >= 4 is 27.3 Å². The molecule has 0 aliphatic heterocycles. The van der Waals surface area contributed by atoms with Crippen LogP contribution in [-0.4, -0.2) is 12.0 Å². The Kier molecular flexibility index (Phi) is 4.54. The second kappa shape index (κ2) is 5.95. The summed E-state index contributed by atoms with van der Waals surface area (Å²) in [5.74, 6) is 0. The number of rotatable bonds is 4. The highest BCUT2D eigenvalue weighted by molar-refractivity contribution is 9.10. The van der Waals surface area contributed by atoms with Crippen LogP contribution in [0.4, 0.5) is 0 Å². The summed E-state index contributed by atoms with van der Waals surface area (Å²) >= 11 is 5.25. The van der Waals surface area contributed by atoms with Crippen LogP contribution in [0.15, 0.2) is 28.7 Å². The Morgan fingerprint density at radius 2 is 2.00 bits per heavy atom. The summed E-state index contributed by atoms with van der Waals surface area (Å²) < 4.78 is 1.10. The molecular weight excluding hydrogens is 308 g/mol. The number of benzene rings is 1.